The number of oxime groups is 1. The second-order valence-electron chi connectivity index (χ2n) is 5.14. The minimum atomic E-state index is -0.0286. The van der Waals surface area contributed by atoms with Crippen molar-refractivity contribution in [1.82, 2.24) is 0 Å². The van der Waals surface area contributed by atoms with Crippen LogP contribution in [0.1, 0.15) is 22.3 Å². The van der Waals surface area contributed by atoms with Crippen molar-refractivity contribution in [3.63, 3.8) is 0 Å². The van der Waals surface area contributed by atoms with Crippen molar-refractivity contribution in [1.29, 1.82) is 0 Å². The molecule has 0 radical (unpaired) electrons. The highest BCUT2D eigenvalue weighted by Gasteiger charge is 2.17. The first kappa shape index (κ1) is 16.4. The third-order valence-corrected chi connectivity index (χ3v) is 3.49. The summed E-state index contributed by atoms with van der Waals surface area (Å²) in [6.45, 7) is 7.37. The molecule has 3 N–H and O–H groups in total. The first-order valence-corrected chi connectivity index (χ1v) is 7.19. The molecule has 0 aromatic heterocycles. The molecule has 0 saturated carbocycles. The Bertz CT molecular complexity index is 702. The van der Waals surface area contributed by atoms with Gasteiger partial charge in [0.1, 0.15) is 17.2 Å². The molecule has 4 heteroatoms. The molecule has 0 aliphatic rings. The van der Waals surface area contributed by atoms with Crippen molar-refractivity contribution in [2.45, 2.75) is 12.8 Å². The quantitative estimate of drug-likeness (QED) is 0.329. The Morgan fingerprint density at radius 3 is 1.65 bits per heavy atom. The summed E-state index contributed by atoms with van der Waals surface area (Å²) in [5, 5.41) is 33.0. The van der Waals surface area contributed by atoms with E-state index in [1.807, 2.05) is 0 Å². The van der Waals surface area contributed by atoms with E-state index in [-0.39, 0.29) is 17.2 Å². The summed E-state index contributed by atoms with van der Waals surface area (Å²) < 4.78 is 0. The molecule has 0 amide bonds. The van der Waals surface area contributed by atoms with Gasteiger partial charge in [-0.1, -0.05) is 29.4 Å². The van der Waals surface area contributed by atoms with Gasteiger partial charge in [0.2, 0.25) is 0 Å². The van der Waals surface area contributed by atoms with Crippen LogP contribution in [0.4, 0.5) is 0 Å². The summed E-state index contributed by atoms with van der Waals surface area (Å²) in [5.74, 6) is -0.0572. The highest BCUT2D eigenvalue weighted by molar-refractivity contribution is 6.15. The number of hydrogen-bond acceptors (Lipinski definition) is 4. The van der Waals surface area contributed by atoms with Gasteiger partial charge in [0.15, 0.2) is 0 Å². The second kappa shape index (κ2) is 7.31. The van der Waals surface area contributed by atoms with Gasteiger partial charge in [0, 0.05) is 11.1 Å². The first-order chi connectivity index (χ1) is 11.1. The van der Waals surface area contributed by atoms with E-state index in [4.69, 9.17) is 0 Å². The van der Waals surface area contributed by atoms with Gasteiger partial charge in [0.05, 0.1) is 0 Å². The molecule has 2 rings (SSSR count). The van der Waals surface area contributed by atoms with Gasteiger partial charge in [-0.25, -0.2) is 0 Å². The average Bonchev–Trinajstić information content (AvgIpc) is 2.54. The maximum absolute atomic E-state index is 10.1. The van der Waals surface area contributed by atoms with Crippen LogP contribution in [-0.2, 0) is 12.8 Å². The average molecular weight is 309 g/mol. The highest BCUT2D eigenvalue weighted by Crippen LogP contribution is 2.28. The molecule has 0 unspecified atom stereocenters. The van der Waals surface area contributed by atoms with Gasteiger partial charge in [-0.05, 0) is 48.2 Å². The van der Waals surface area contributed by atoms with Crippen molar-refractivity contribution in [3.8, 4) is 11.5 Å². The van der Waals surface area contributed by atoms with Crippen molar-refractivity contribution < 1.29 is 15.4 Å². The number of nitrogens with zero attached hydrogens (tertiary/aromatic N) is 1. The van der Waals surface area contributed by atoms with E-state index in [9.17, 15) is 15.4 Å². The summed E-state index contributed by atoms with van der Waals surface area (Å²) in [6, 6.07) is 10.0. The molecule has 0 saturated heterocycles. The van der Waals surface area contributed by atoms with Crippen LogP contribution in [0.5, 0.6) is 11.5 Å². The van der Waals surface area contributed by atoms with Gasteiger partial charge < -0.3 is 15.4 Å². The van der Waals surface area contributed by atoms with Gasteiger partial charge in [-0.3, -0.25) is 0 Å². The van der Waals surface area contributed by atoms with E-state index in [2.05, 4.69) is 18.3 Å². The summed E-state index contributed by atoms with van der Waals surface area (Å²) in [6.07, 6.45) is 4.73. The Hall–Kier alpha value is -3.01. The van der Waals surface area contributed by atoms with E-state index >= 15 is 0 Å². The number of phenolic OH excluding ortho intramolecular Hbond substituents is 2. The van der Waals surface area contributed by atoms with Crippen molar-refractivity contribution in [2.24, 2.45) is 5.16 Å². The van der Waals surface area contributed by atoms with Gasteiger partial charge >= 0.3 is 0 Å². The standard InChI is InChI=1S/C19H19NO3/c1-3-5-13-7-9-17(21)15(11-13)19(20-23)16-12-14(6-4-2)8-10-18(16)22/h3-4,7-12,21-23H,1-2,5-6H2. The van der Waals surface area contributed by atoms with Crippen LogP contribution in [0.15, 0.2) is 66.9 Å². The molecule has 0 aliphatic heterocycles. The Balaban J connectivity index is 2.56. The predicted molar refractivity (Wildman–Crippen MR) is 91.4 cm³/mol. The lowest BCUT2D eigenvalue weighted by molar-refractivity contribution is 0.319. The Kier molecular flexibility index (Phi) is 5.20. The fraction of sp³-hybridized carbons (Fsp3) is 0.105. The molecule has 2 aromatic rings. The van der Waals surface area contributed by atoms with Crippen LogP contribution in [0, 0.1) is 0 Å². The third-order valence-electron chi connectivity index (χ3n) is 3.49. The Labute approximate surface area is 135 Å². The monoisotopic (exact) mass is 309 g/mol. The summed E-state index contributed by atoms with van der Waals surface area (Å²) in [7, 11) is 0. The maximum Gasteiger partial charge on any atom is 0.125 e. The van der Waals surface area contributed by atoms with Crippen LogP contribution >= 0.6 is 0 Å². The van der Waals surface area contributed by atoms with E-state index in [0.29, 0.717) is 24.0 Å². The highest BCUT2D eigenvalue weighted by atomic mass is 16.4. The molecule has 118 valence electrons. The van der Waals surface area contributed by atoms with E-state index < -0.39 is 0 Å². The summed E-state index contributed by atoms with van der Waals surface area (Å²) >= 11 is 0. The van der Waals surface area contributed by atoms with Gasteiger partial charge in [0.25, 0.3) is 0 Å². The van der Waals surface area contributed by atoms with Crippen molar-refractivity contribution in [2.75, 3.05) is 0 Å². The second-order valence-corrected chi connectivity index (χ2v) is 5.14. The van der Waals surface area contributed by atoms with Crippen LogP contribution < -0.4 is 0 Å². The first-order valence-electron chi connectivity index (χ1n) is 7.19. The zero-order chi connectivity index (χ0) is 16.8. The van der Waals surface area contributed by atoms with Crippen LogP contribution in [0.25, 0.3) is 0 Å². The molecule has 0 heterocycles. The normalized spacial score (nSPS) is 10.1. The molecule has 23 heavy (non-hydrogen) atoms. The number of hydrogen-bond donors (Lipinski definition) is 3. The minimum Gasteiger partial charge on any atom is -0.507 e. The zero-order valence-corrected chi connectivity index (χ0v) is 12.7. The molecular weight excluding hydrogens is 290 g/mol. The number of rotatable bonds is 6. The fourth-order valence-corrected chi connectivity index (χ4v) is 2.39. The molecule has 2 aromatic carbocycles. The molecular formula is C19H19NO3. The van der Waals surface area contributed by atoms with Gasteiger partial charge in [-0.2, -0.15) is 0 Å². The molecule has 0 atom stereocenters. The maximum atomic E-state index is 10.1. The molecule has 0 spiro atoms. The van der Waals surface area contributed by atoms with E-state index in [1.54, 1.807) is 36.4 Å². The fourth-order valence-electron chi connectivity index (χ4n) is 2.39. The Morgan fingerprint density at radius 2 is 1.30 bits per heavy atom. The van der Waals surface area contributed by atoms with Crippen LogP contribution in [-0.4, -0.2) is 21.1 Å². The summed E-state index contributed by atoms with van der Waals surface area (Å²) in [4.78, 5) is 0. The summed E-state index contributed by atoms with van der Waals surface area (Å²) in [5.41, 5.74) is 2.62. The lowest BCUT2D eigenvalue weighted by Crippen LogP contribution is -2.06. The van der Waals surface area contributed by atoms with Gasteiger partial charge in [-0.15, -0.1) is 13.2 Å². The lowest BCUT2D eigenvalue weighted by atomic mass is 9.96. The topological polar surface area (TPSA) is 73.1 Å². The van der Waals surface area contributed by atoms with E-state index in [0.717, 1.165) is 11.1 Å². The molecule has 4 nitrogen and oxygen atoms in total. The number of aromatic hydroxyl groups is 2. The largest absolute Gasteiger partial charge is 0.507 e. The predicted octanol–water partition coefficient (Wildman–Crippen LogP) is 3.78. The van der Waals surface area contributed by atoms with Crippen molar-refractivity contribution >= 4 is 5.71 Å². The molecule has 0 fully saturated rings. The van der Waals surface area contributed by atoms with E-state index in [1.165, 1.54) is 12.1 Å². The number of benzene rings is 2. The Morgan fingerprint density at radius 1 is 0.870 bits per heavy atom. The SMILES string of the molecule is C=CCc1ccc(O)c(C(=NO)c2cc(CC=C)ccc2O)c1. The molecule has 0 bridgehead atoms. The van der Waals surface area contributed by atoms with Crippen LogP contribution in [0.2, 0.25) is 0 Å². The van der Waals surface area contributed by atoms with Crippen molar-refractivity contribution in [3.05, 3.63) is 84.0 Å². The minimum absolute atomic E-state index is 0.0286. The number of phenols is 2. The smallest absolute Gasteiger partial charge is 0.125 e. The third kappa shape index (κ3) is 3.61. The number of allylic oxidation sites excluding steroid dienone is 2. The van der Waals surface area contributed by atoms with Crippen LogP contribution in [0.3, 0.4) is 0 Å². The zero-order valence-electron chi connectivity index (χ0n) is 12.7. The lowest BCUT2D eigenvalue weighted by Gasteiger charge is -2.12. The molecule has 0 aliphatic carbocycles.